The Morgan fingerprint density at radius 1 is 0.677 bits per heavy atom. The molecule has 6 heteroatoms. The van der Waals surface area contributed by atoms with Crippen molar-refractivity contribution in [1.29, 1.82) is 0 Å². The predicted octanol–water partition coefficient (Wildman–Crippen LogP) is 13.1. The number of furan rings is 1. The van der Waals surface area contributed by atoms with Crippen LogP contribution in [-0.4, -0.2) is 14.1 Å². The van der Waals surface area contributed by atoms with E-state index in [0.29, 0.717) is 6.42 Å². The molecule has 5 nitrogen and oxygen atoms in total. The fraction of sp³-hybridized carbons (Fsp3) is 0.107. The Labute approximate surface area is 380 Å². The first kappa shape index (κ1) is 35.9. The Hall–Kier alpha value is -6.81. The summed E-state index contributed by atoms with van der Waals surface area (Å²) < 4.78 is 37.9. The number of imidazole rings is 1. The molecule has 0 N–H and O–H groups in total. The summed E-state index contributed by atoms with van der Waals surface area (Å²) in [4.78, 5) is 4.85. The zero-order chi connectivity index (χ0) is 43.7. The largest absolute Gasteiger partial charge is 0.464 e. The Kier molecular flexibility index (Phi) is 9.02. The summed E-state index contributed by atoms with van der Waals surface area (Å²) in [7, 11) is 0. The van der Waals surface area contributed by atoms with Crippen LogP contribution >= 0.6 is 0 Å². The van der Waals surface area contributed by atoms with Gasteiger partial charge >= 0.3 is 0 Å². The van der Waals surface area contributed by atoms with Gasteiger partial charge in [0.2, 0.25) is 0 Å². The van der Waals surface area contributed by atoms with Crippen molar-refractivity contribution in [2.45, 2.75) is 39.5 Å². The molecule has 0 radical (unpaired) electrons. The summed E-state index contributed by atoms with van der Waals surface area (Å²) in [6, 6.07) is 60.8. The van der Waals surface area contributed by atoms with Crippen molar-refractivity contribution in [2.24, 2.45) is 0 Å². The monoisotopic (exact) mass is 984 g/mol. The Balaban J connectivity index is 0.00000498. The maximum Gasteiger partial charge on any atom is 0.268 e. The third-order valence-electron chi connectivity index (χ3n) is 11.7. The first-order valence-electron chi connectivity index (χ1n) is 22.1. The Morgan fingerprint density at radius 3 is 2.26 bits per heavy atom. The number of hydrogen-bond donors (Lipinski definition) is 0. The van der Waals surface area contributed by atoms with Crippen molar-refractivity contribution < 1.29 is 34.2 Å². The van der Waals surface area contributed by atoms with Crippen LogP contribution in [0.15, 0.2) is 175 Å². The van der Waals surface area contributed by atoms with Gasteiger partial charge < -0.3 is 13.6 Å². The molecule has 4 heterocycles. The molecule has 304 valence electrons. The summed E-state index contributed by atoms with van der Waals surface area (Å²) in [5.74, 6) is 0.802. The van der Waals surface area contributed by atoms with Gasteiger partial charge in [-0.3, -0.25) is 4.57 Å². The van der Waals surface area contributed by atoms with Gasteiger partial charge in [-0.05, 0) is 75.8 Å². The fourth-order valence-corrected chi connectivity index (χ4v) is 8.75. The standard InChI is InChI=1S/C56H42N4O.Pt/c1-37-30-47(40-15-6-5-7-16-40)54(48(31-37)41-17-13-18-42(35-41)56(2,3)4)59-36-58(50-22-10-11-23-51(50)59)43-19-12-14-38(33-43)32-39-24-25-45-44-20-8-9-21-49(44)60(52(45)34-39)55-46-27-29-61-53(46)26-28-57-55;/h5-31,35H,32H2,1-4H3;/q-2;/i1D3;. The van der Waals surface area contributed by atoms with Crippen LogP contribution in [0.3, 0.4) is 0 Å². The van der Waals surface area contributed by atoms with Crippen LogP contribution in [0.4, 0.5) is 0 Å². The van der Waals surface area contributed by atoms with E-state index in [4.69, 9.17) is 13.5 Å². The smallest absolute Gasteiger partial charge is 0.268 e. The van der Waals surface area contributed by atoms with Crippen molar-refractivity contribution in [3.8, 4) is 39.4 Å². The average molecular weight is 985 g/mol. The van der Waals surface area contributed by atoms with Crippen LogP contribution in [0, 0.1) is 25.3 Å². The number of aromatic nitrogens is 4. The molecule has 7 aromatic carbocycles. The van der Waals surface area contributed by atoms with Crippen LogP contribution in [0.5, 0.6) is 0 Å². The maximum atomic E-state index is 8.59. The molecule has 0 bridgehead atoms. The number of hydrogen-bond acceptors (Lipinski definition) is 2. The molecule has 0 aliphatic heterocycles. The van der Waals surface area contributed by atoms with Crippen LogP contribution in [0.2, 0.25) is 0 Å². The first-order chi connectivity index (χ1) is 31.0. The summed E-state index contributed by atoms with van der Waals surface area (Å²) >= 11 is 0. The average Bonchev–Trinajstić information content (AvgIpc) is 4.03. The van der Waals surface area contributed by atoms with Gasteiger partial charge in [0.1, 0.15) is 11.4 Å². The minimum atomic E-state index is -2.33. The second-order valence-corrected chi connectivity index (χ2v) is 16.7. The molecule has 11 rings (SSSR count). The first-order valence-corrected chi connectivity index (χ1v) is 20.6. The van der Waals surface area contributed by atoms with Crippen LogP contribution < -0.4 is 4.57 Å². The van der Waals surface area contributed by atoms with Gasteiger partial charge in [0.05, 0.1) is 28.4 Å². The molecular weight excluding hydrogens is 940 g/mol. The number of rotatable bonds is 7. The van der Waals surface area contributed by atoms with E-state index in [1.165, 1.54) is 0 Å². The van der Waals surface area contributed by atoms with E-state index in [9.17, 15) is 0 Å². The molecule has 0 saturated carbocycles. The van der Waals surface area contributed by atoms with Crippen molar-refractivity contribution in [3.05, 3.63) is 211 Å². The zero-order valence-electron chi connectivity index (χ0n) is 37.4. The van der Waals surface area contributed by atoms with Gasteiger partial charge in [-0.2, -0.15) is 53.6 Å². The maximum absolute atomic E-state index is 8.59. The van der Waals surface area contributed by atoms with E-state index >= 15 is 0 Å². The molecule has 0 saturated heterocycles. The van der Waals surface area contributed by atoms with Gasteiger partial charge in [0.25, 0.3) is 6.33 Å². The molecule has 0 aliphatic carbocycles. The van der Waals surface area contributed by atoms with Gasteiger partial charge in [0.15, 0.2) is 0 Å². The number of para-hydroxylation sites is 3. The molecule has 0 unspecified atom stereocenters. The molecule has 0 fully saturated rings. The third-order valence-corrected chi connectivity index (χ3v) is 11.7. The Bertz CT molecular complexity index is 3580. The second kappa shape index (κ2) is 15.6. The minimum absolute atomic E-state index is 0. The van der Waals surface area contributed by atoms with Gasteiger partial charge in [-0.15, -0.1) is 5.39 Å². The van der Waals surface area contributed by atoms with Crippen molar-refractivity contribution in [2.75, 3.05) is 0 Å². The molecule has 0 amide bonds. The molecule has 4 aromatic heterocycles. The third kappa shape index (κ3) is 6.78. The van der Waals surface area contributed by atoms with Gasteiger partial charge in [0, 0.05) is 36.9 Å². The number of aryl methyl sites for hydroxylation is 1. The van der Waals surface area contributed by atoms with E-state index in [2.05, 4.69) is 144 Å². The van der Waals surface area contributed by atoms with Crippen molar-refractivity contribution >= 4 is 43.8 Å². The number of benzene rings is 7. The zero-order valence-corrected chi connectivity index (χ0v) is 36.7. The SMILES string of the molecule is [2H]C([2H])([2H])c1cc(-c2ccccc2)c(-[n+]2[c-]n(-c3[c-]c(Cc4[c-]c5c(cc4)c4ccccc4n5-c4nccc5occc45)ccc3)c3ccccc32)c(-c2cccc(C(C)(C)C)c2)c1.[Pt]. The molecule has 11 aromatic rings. The van der Waals surface area contributed by atoms with Gasteiger partial charge in [-0.1, -0.05) is 141 Å². The molecule has 0 aliphatic rings. The Morgan fingerprint density at radius 2 is 1.42 bits per heavy atom. The normalized spacial score (nSPS) is 12.7. The van der Waals surface area contributed by atoms with E-state index in [-0.39, 0.29) is 32.0 Å². The van der Waals surface area contributed by atoms with E-state index in [1.807, 2.05) is 66.7 Å². The van der Waals surface area contributed by atoms with Gasteiger partial charge in [-0.25, -0.2) is 4.98 Å². The van der Waals surface area contributed by atoms with Crippen LogP contribution in [0.25, 0.3) is 83.3 Å². The quantitative estimate of drug-likeness (QED) is 0.118. The molecular formula is C56H42N4OPt-2. The predicted molar refractivity (Wildman–Crippen MR) is 247 cm³/mol. The number of nitrogens with zero attached hydrogens (tertiary/aromatic N) is 4. The van der Waals surface area contributed by atoms with E-state index in [1.54, 1.807) is 12.5 Å². The van der Waals surface area contributed by atoms with Crippen LogP contribution in [-0.2, 0) is 32.9 Å². The summed E-state index contributed by atoms with van der Waals surface area (Å²) in [5.41, 5.74) is 13.1. The molecule has 62 heavy (non-hydrogen) atoms. The van der Waals surface area contributed by atoms with E-state index in [0.717, 1.165) is 99.9 Å². The summed E-state index contributed by atoms with van der Waals surface area (Å²) in [5, 5.41) is 3.17. The topological polar surface area (TPSA) is 39.8 Å². The molecule has 0 spiro atoms. The van der Waals surface area contributed by atoms with Crippen molar-refractivity contribution in [1.82, 2.24) is 14.1 Å². The summed E-state index contributed by atoms with van der Waals surface area (Å²) in [6.07, 6.45) is 7.84. The second-order valence-electron chi connectivity index (χ2n) is 16.7. The summed E-state index contributed by atoms with van der Waals surface area (Å²) in [6.45, 7) is 4.25. The fourth-order valence-electron chi connectivity index (χ4n) is 8.75. The van der Waals surface area contributed by atoms with Crippen LogP contribution in [0.1, 0.15) is 47.1 Å². The van der Waals surface area contributed by atoms with E-state index < -0.39 is 6.85 Å². The number of pyridine rings is 1. The van der Waals surface area contributed by atoms with Crippen molar-refractivity contribution in [3.63, 3.8) is 0 Å². The number of fused-ring (bicyclic) bond motifs is 5. The molecule has 0 atom stereocenters. The minimum Gasteiger partial charge on any atom is -0.464 e.